The first-order valence-corrected chi connectivity index (χ1v) is 12.3. The zero-order valence-electron chi connectivity index (χ0n) is 21.4. The molecule has 0 bridgehead atoms. The monoisotopic (exact) mass is 520 g/mol. The lowest BCUT2D eigenvalue weighted by molar-refractivity contribution is -0.144. The largest absolute Gasteiger partial charge is 0.490 e. The van der Waals surface area contributed by atoms with Gasteiger partial charge in [0.25, 0.3) is 0 Å². The highest BCUT2D eigenvalue weighted by Crippen LogP contribution is 2.26. The van der Waals surface area contributed by atoms with E-state index in [1.165, 1.54) is 0 Å². The standard InChI is InChI=1S/C33H28O6/c1-3-21-36-28-13-5-24(6-14-28)26-9-17-30(18-10-26)38-32(34)23-33(35)39-31-19-11-27(12-20-31)25-7-15-29(16-8-25)37-22-4-2/h3-20H,1-2,21-23H2. The van der Waals surface area contributed by atoms with Gasteiger partial charge in [0.05, 0.1) is 0 Å². The summed E-state index contributed by atoms with van der Waals surface area (Å²) >= 11 is 0. The van der Waals surface area contributed by atoms with Crippen LogP contribution in [0.3, 0.4) is 0 Å². The van der Waals surface area contributed by atoms with E-state index < -0.39 is 18.4 Å². The summed E-state index contributed by atoms with van der Waals surface area (Å²) in [6, 6.07) is 29.3. The summed E-state index contributed by atoms with van der Waals surface area (Å²) in [5.41, 5.74) is 3.88. The van der Waals surface area contributed by atoms with Gasteiger partial charge in [-0.15, -0.1) is 0 Å². The Kier molecular flexibility index (Phi) is 9.29. The smallest absolute Gasteiger partial charge is 0.322 e. The molecule has 0 fully saturated rings. The minimum Gasteiger partial charge on any atom is -0.490 e. The maximum atomic E-state index is 12.3. The zero-order valence-corrected chi connectivity index (χ0v) is 21.4. The average molecular weight is 521 g/mol. The van der Waals surface area contributed by atoms with Crippen LogP contribution in [0.4, 0.5) is 0 Å². The summed E-state index contributed by atoms with van der Waals surface area (Å²) in [6.45, 7) is 8.16. The lowest BCUT2D eigenvalue weighted by Crippen LogP contribution is -2.18. The Bertz CT molecular complexity index is 1290. The van der Waals surface area contributed by atoms with E-state index in [1.807, 2.05) is 72.8 Å². The van der Waals surface area contributed by atoms with Gasteiger partial charge in [0.1, 0.15) is 42.6 Å². The molecule has 4 aromatic rings. The van der Waals surface area contributed by atoms with Crippen molar-refractivity contribution in [2.45, 2.75) is 6.42 Å². The second kappa shape index (κ2) is 13.4. The molecule has 4 aromatic carbocycles. The Morgan fingerprint density at radius 2 is 0.769 bits per heavy atom. The summed E-state index contributed by atoms with van der Waals surface area (Å²) in [5, 5.41) is 0. The third-order valence-electron chi connectivity index (χ3n) is 5.57. The molecule has 0 aliphatic rings. The minimum absolute atomic E-state index is 0.341. The summed E-state index contributed by atoms with van der Waals surface area (Å²) in [7, 11) is 0. The number of esters is 2. The Morgan fingerprint density at radius 3 is 1.05 bits per heavy atom. The predicted molar refractivity (Wildman–Crippen MR) is 151 cm³/mol. The second-order valence-electron chi connectivity index (χ2n) is 8.42. The van der Waals surface area contributed by atoms with Gasteiger partial charge in [0.2, 0.25) is 0 Å². The maximum Gasteiger partial charge on any atom is 0.322 e. The van der Waals surface area contributed by atoms with E-state index in [1.54, 1.807) is 36.4 Å². The number of rotatable bonds is 12. The van der Waals surface area contributed by atoms with Crippen LogP contribution in [0.5, 0.6) is 23.0 Å². The van der Waals surface area contributed by atoms with E-state index in [4.69, 9.17) is 18.9 Å². The average Bonchev–Trinajstić information content (AvgIpc) is 2.96. The quantitative estimate of drug-likeness (QED) is 0.0863. The van der Waals surface area contributed by atoms with Crippen LogP contribution in [0.1, 0.15) is 6.42 Å². The summed E-state index contributed by atoms with van der Waals surface area (Å²) in [6.07, 6.45) is 2.87. The van der Waals surface area contributed by atoms with Crippen LogP contribution in [0, 0.1) is 0 Å². The van der Waals surface area contributed by atoms with Crippen LogP contribution < -0.4 is 18.9 Å². The normalized spacial score (nSPS) is 10.3. The topological polar surface area (TPSA) is 71.1 Å². The highest BCUT2D eigenvalue weighted by Gasteiger charge is 2.14. The fourth-order valence-electron chi connectivity index (χ4n) is 3.68. The predicted octanol–water partition coefficient (Wildman–Crippen LogP) is 7.05. The molecule has 6 nitrogen and oxygen atoms in total. The van der Waals surface area contributed by atoms with Crippen LogP contribution in [-0.4, -0.2) is 25.2 Å². The molecule has 0 spiro atoms. The molecule has 0 radical (unpaired) electrons. The molecular weight excluding hydrogens is 492 g/mol. The van der Waals surface area contributed by atoms with Crippen LogP contribution in [0.2, 0.25) is 0 Å². The molecule has 0 amide bonds. The first-order chi connectivity index (χ1) is 19.0. The molecule has 0 N–H and O–H groups in total. The lowest BCUT2D eigenvalue weighted by Gasteiger charge is -2.08. The highest BCUT2D eigenvalue weighted by molar-refractivity contribution is 5.93. The van der Waals surface area contributed by atoms with Gasteiger partial charge in [-0.2, -0.15) is 0 Å². The number of benzene rings is 4. The molecule has 0 unspecified atom stereocenters. The number of carbonyl (C=O) groups is 2. The van der Waals surface area contributed by atoms with E-state index in [-0.39, 0.29) is 0 Å². The molecule has 6 heteroatoms. The molecule has 0 aliphatic heterocycles. The third-order valence-corrected chi connectivity index (χ3v) is 5.57. The van der Waals surface area contributed by atoms with E-state index in [0.717, 1.165) is 33.8 Å². The molecular formula is C33H28O6. The van der Waals surface area contributed by atoms with Gasteiger partial charge < -0.3 is 18.9 Å². The first-order valence-electron chi connectivity index (χ1n) is 12.3. The Labute approximate surface area is 227 Å². The Hall–Kier alpha value is -5.10. The van der Waals surface area contributed by atoms with Gasteiger partial charge in [0, 0.05) is 0 Å². The Morgan fingerprint density at radius 1 is 0.487 bits per heavy atom. The zero-order chi connectivity index (χ0) is 27.5. The molecule has 0 aliphatic carbocycles. The van der Waals surface area contributed by atoms with Crippen molar-refractivity contribution >= 4 is 11.9 Å². The van der Waals surface area contributed by atoms with Crippen molar-refractivity contribution in [2.24, 2.45) is 0 Å². The van der Waals surface area contributed by atoms with E-state index in [2.05, 4.69) is 13.2 Å². The summed E-state index contributed by atoms with van der Waals surface area (Å²) < 4.78 is 21.6. The molecule has 0 heterocycles. The minimum atomic E-state index is -0.702. The van der Waals surface area contributed by atoms with Gasteiger partial charge in [-0.25, -0.2) is 0 Å². The van der Waals surface area contributed by atoms with Crippen molar-refractivity contribution in [1.82, 2.24) is 0 Å². The third kappa shape index (κ3) is 7.94. The second-order valence-corrected chi connectivity index (χ2v) is 8.42. The fraction of sp³-hybridized carbons (Fsp3) is 0.0909. The number of hydrogen-bond acceptors (Lipinski definition) is 6. The fourth-order valence-corrected chi connectivity index (χ4v) is 3.68. The van der Waals surface area contributed by atoms with Gasteiger partial charge in [0.15, 0.2) is 0 Å². The van der Waals surface area contributed by atoms with Crippen LogP contribution in [-0.2, 0) is 9.59 Å². The van der Waals surface area contributed by atoms with Crippen molar-refractivity contribution in [2.75, 3.05) is 13.2 Å². The number of carbonyl (C=O) groups excluding carboxylic acids is 2. The van der Waals surface area contributed by atoms with Crippen LogP contribution >= 0.6 is 0 Å². The van der Waals surface area contributed by atoms with Crippen molar-refractivity contribution in [3.8, 4) is 45.3 Å². The van der Waals surface area contributed by atoms with Crippen LogP contribution in [0.15, 0.2) is 122 Å². The van der Waals surface area contributed by atoms with E-state index >= 15 is 0 Å². The lowest BCUT2D eigenvalue weighted by atomic mass is 10.1. The van der Waals surface area contributed by atoms with Gasteiger partial charge in [-0.05, 0) is 70.8 Å². The molecule has 196 valence electrons. The molecule has 0 saturated heterocycles. The molecule has 0 atom stereocenters. The highest BCUT2D eigenvalue weighted by atomic mass is 16.6. The summed E-state index contributed by atoms with van der Waals surface area (Å²) in [5.74, 6) is 0.791. The number of ether oxygens (including phenoxy) is 4. The van der Waals surface area contributed by atoms with Gasteiger partial charge in [-0.3, -0.25) is 9.59 Å². The van der Waals surface area contributed by atoms with Crippen molar-refractivity contribution in [3.05, 3.63) is 122 Å². The van der Waals surface area contributed by atoms with Crippen molar-refractivity contribution in [3.63, 3.8) is 0 Å². The SMILES string of the molecule is C=CCOc1ccc(-c2ccc(OC(=O)CC(=O)Oc3ccc(-c4ccc(OCC=C)cc4)cc3)cc2)cc1. The molecule has 4 rings (SSSR count). The molecule has 0 saturated carbocycles. The Balaban J connectivity index is 1.26. The van der Waals surface area contributed by atoms with Crippen molar-refractivity contribution < 1.29 is 28.5 Å². The summed E-state index contributed by atoms with van der Waals surface area (Å²) in [4.78, 5) is 24.5. The van der Waals surface area contributed by atoms with E-state index in [0.29, 0.717) is 24.7 Å². The molecule has 0 aromatic heterocycles. The van der Waals surface area contributed by atoms with Crippen molar-refractivity contribution in [1.29, 1.82) is 0 Å². The molecule has 39 heavy (non-hydrogen) atoms. The first kappa shape index (κ1) is 26.9. The number of hydrogen-bond donors (Lipinski definition) is 0. The van der Waals surface area contributed by atoms with Gasteiger partial charge >= 0.3 is 11.9 Å². The van der Waals surface area contributed by atoms with Crippen LogP contribution in [0.25, 0.3) is 22.3 Å². The van der Waals surface area contributed by atoms with E-state index in [9.17, 15) is 9.59 Å². The van der Waals surface area contributed by atoms with Gasteiger partial charge in [-0.1, -0.05) is 73.8 Å². The maximum absolute atomic E-state index is 12.3.